The number of hydrogen-bond donors (Lipinski definition) is 1. The molecule has 17 heavy (non-hydrogen) atoms. The first-order valence-electron chi connectivity index (χ1n) is 5.88. The lowest BCUT2D eigenvalue weighted by Crippen LogP contribution is -2.49. The summed E-state index contributed by atoms with van der Waals surface area (Å²) in [5, 5.41) is 3.39. The van der Waals surface area contributed by atoms with Crippen molar-refractivity contribution in [1.29, 1.82) is 0 Å². The van der Waals surface area contributed by atoms with Crippen molar-refractivity contribution >= 4 is 11.7 Å². The molecule has 0 aliphatic carbocycles. The van der Waals surface area contributed by atoms with Crippen LogP contribution in [0.4, 0.5) is 5.69 Å². The zero-order valence-electron chi connectivity index (χ0n) is 10.3. The molecule has 1 heterocycles. The average Bonchev–Trinajstić information content (AvgIpc) is 2.38. The third-order valence-electron chi connectivity index (χ3n) is 3.02. The number of nitrogens with zero attached hydrogens (tertiary/aromatic N) is 1. The minimum Gasteiger partial charge on any atom is -0.465 e. The lowest BCUT2D eigenvalue weighted by Gasteiger charge is -2.34. The molecule has 1 aromatic rings. The number of methoxy groups -OCH3 is 1. The second-order valence-electron chi connectivity index (χ2n) is 4.31. The quantitative estimate of drug-likeness (QED) is 0.782. The molecule has 1 aliphatic rings. The molecule has 92 valence electrons. The van der Waals surface area contributed by atoms with E-state index in [4.69, 9.17) is 4.74 Å². The second kappa shape index (κ2) is 5.19. The van der Waals surface area contributed by atoms with Gasteiger partial charge in [0, 0.05) is 25.7 Å². The fourth-order valence-electron chi connectivity index (χ4n) is 2.18. The van der Waals surface area contributed by atoms with E-state index in [1.165, 1.54) is 7.11 Å². The van der Waals surface area contributed by atoms with Gasteiger partial charge in [-0.15, -0.1) is 0 Å². The molecule has 1 fully saturated rings. The average molecular weight is 234 g/mol. The smallest absolute Gasteiger partial charge is 0.339 e. The Bertz CT molecular complexity index is 406. The van der Waals surface area contributed by atoms with Crippen LogP contribution in [-0.2, 0) is 4.74 Å². The van der Waals surface area contributed by atoms with Gasteiger partial charge in [0.25, 0.3) is 0 Å². The van der Waals surface area contributed by atoms with Crippen LogP contribution in [-0.4, -0.2) is 38.8 Å². The van der Waals surface area contributed by atoms with Crippen LogP contribution in [0, 0.1) is 0 Å². The van der Waals surface area contributed by atoms with Crippen molar-refractivity contribution in [3.05, 3.63) is 29.8 Å². The minimum absolute atomic E-state index is 0.271. The number of para-hydroxylation sites is 1. The van der Waals surface area contributed by atoms with Gasteiger partial charge in [-0.3, -0.25) is 0 Å². The molecule has 1 atom stereocenters. The number of rotatable bonds is 2. The van der Waals surface area contributed by atoms with E-state index in [9.17, 15) is 4.79 Å². The fourth-order valence-corrected chi connectivity index (χ4v) is 2.18. The maximum absolute atomic E-state index is 11.7. The van der Waals surface area contributed by atoms with Gasteiger partial charge in [-0.1, -0.05) is 12.1 Å². The number of anilines is 1. The molecule has 0 amide bonds. The Balaban J connectivity index is 2.27. The summed E-state index contributed by atoms with van der Waals surface area (Å²) in [7, 11) is 1.42. The number of esters is 1. The van der Waals surface area contributed by atoms with Gasteiger partial charge in [-0.25, -0.2) is 4.79 Å². The molecular formula is C13H18N2O2. The number of carbonyl (C=O) groups excluding carboxylic acids is 1. The van der Waals surface area contributed by atoms with Crippen LogP contribution < -0.4 is 10.2 Å². The van der Waals surface area contributed by atoms with Gasteiger partial charge in [0.05, 0.1) is 18.4 Å². The molecule has 0 saturated carbocycles. The number of piperazine rings is 1. The Morgan fingerprint density at radius 3 is 2.94 bits per heavy atom. The topological polar surface area (TPSA) is 41.6 Å². The molecule has 1 N–H and O–H groups in total. The van der Waals surface area contributed by atoms with Crippen molar-refractivity contribution in [3.8, 4) is 0 Å². The number of benzene rings is 1. The maximum Gasteiger partial charge on any atom is 0.339 e. The standard InChI is InChI=1S/C13H18N2O2/c1-10-9-15(8-7-14-10)12-6-4-3-5-11(12)13(16)17-2/h3-6,10,14H,7-9H2,1-2H3. The fraction of sp³-hybridized carbons (Fsp3) is 0.462. The van der Waals surface area contributed by atoms with E-state index in [0.29, 0.717) is 11.6 Å². The highest BCUT2D eigenvalue weighted by atomic mass is 16.5. The van der Waals surface area contributed by atoms with Crippen LogP contribution in [0.15, 0.2) is 24.3 Å². The first kappa shape index (κ1) is 11.9. The van der Waals surface area contributed by atoms with Crippen molar-refractivity contribution in [2.45, 2.75) is 13.0 Å². The van der Waals surface area contributed by atoms with Crippen molar-refractivity contribution in [1.82, 2.24) is 5.32 Å². The monoisotopic (exact) mass is 234 g/mol. The Hall–Kier alpha value is -1.55. The lowest BCUT2D eigenvalue weighted by atomic mass is 10.1. The Morgan fingerprint density at radius 1 is 1.47 bits per heavy atom. The molecule has 1 unspecified atom stereocenters. The number of nitrogens with one attached hydrogen (secondary N) is 1. The summed E-state index contributed by atoms with van der Waals surface area (Å²) in [6.07, 6.45) is 0. The van der Waals surface area contributed by atoms with Gasteiger partial charge in [0.15, 0.2) is 0 Å². The Labute approximate surface area is 102 Å². The predicted molar refractivity (Wildman–Crippen MR) is 67.5 cm³/mol. The summed E-state index contributed by atoms with van der Waals surface area (Å²) in [6, 6.07) is 8.04. The number of ether oxygens (including phenoxy) is 1. The van der Waals surface area contributed by atoms with E-state index in [0.717, 1.165) is 25.3 Å². The summed E-state index contributed by atoms with van der Waals surface area (Å²) in [5.74, 6) is -0.271. The van der Waals surface area contributed by atoms with Gasteiger partial charge in [-0.05, 0) is 19.1 Å². The second-order valence-corrected chi connectivity index (χ2v) is 4.31. The van der Waals surface area contributed by atoms with E-state index in [-0.39, 0.29) is 5.97 Å². The lowest BCUT2D eigenvalue weighted by molar-refractivity contribution is 0.0601. The molecule has 0 bridgehead atoms. The van der Waals surface area contributed by atoms with Gasteiger partial charge in [0.2, 0.25) is 0 Å². The van der Waals surface area contributed by atoms with Crippen molar-refractivity contribution in [2.24, 2.45) is 0 Å². The van der Waals surface area contributed by atoms with E-state index in [1.807, 2.05) is 24.3 Å². The molecule has 0 spiro atoms. The van der Waals surface area contributed by atoms with Crippen molar-refractivity contribution in [2.75, 3.05) is 31.6 Å². The van der Waals surface area contributed by atoms with Crippen LogP contribution >= 0.6 is 0 Å². The molecular weight excluding hydrogens is 216 g/mol. The third kappa shape index (κ3) is 2.58. The first-order valence-corrected chi connectivity index (χ1v) is 5.88. The predicted octanol–water partition coefficient (Wildman–Crippen LogP) is 1.27. The molecule has 4 nitrogen and oxygen atoms in total. The van der Waals surface area contributed by atoms with Crippen LogP contribution in [0.25, 0.3) is 0 Å². The van der Waals surface area contributed by atoms with Crippen molar-refractivity contribution < 1.29 is 9.53 Å². The Morgan fingerprint density at radius 2 is 2.24 bits per heavy atom. The largest absolute Gasteiger partial charge is 0.465 e. The van der Waals surface area contributed by atoms with E-state index >= 15 is 0 Å². The van der Waals surface area contributed by atoms with Crippen LogP contribution in [0.2, 0.25) is 0 Å². The highest BCUT2D eigenvalue weighted by Gasteiger charge is 2.20. The normalized spacial score (nSPS) is 20.1. The molecule has 1 aromatic carbocycles. The van der Waals surface area contributed by atoms with Crippen LogP contribution in [0.5, 0.6) is 0 Å². The summed E-state index contributed by atoms with van der Waals surface area (Å²) >= 11 is 0. The third-order valence-corrected chi connectivity index (χ3v) is 3.02. The highest BCUT2D eigenvalue weighted by Crippen LogP contribution is 2.22. The van der Waals surface area contributed by atoms with Gasteiger partial charge in [0.1, 0.15) is 0 Å². The Kier molecular flexibility index (Phi) is 3.64. The zero-order chi connectivity index (χ0) is 12.3. The molecule has 2 rings (SSSR count). The minimum atomic E-state index is -0.271. The van der Waals surface area contributed by atoms with E-state index in [2.05, 4.69) is 17.1 Å². The van der Waals surface area contributed by atoms with E-state index < -0.39 is 0 Å². The molecule has 0 radical (unpaired) electrons. The van der Waals surface area contributed by atoms with Gasteiger partial charge in [-0.2, -0.15) is 0 Å². The number of hydrogen-bond acceptors (Lipinski definition) is 4. The molecule has 1 saturated heterocycles. The maximum atomic E-state index is 11.7. The number of carbonyl (C=O) groups is 1. The zero-order valence-corrected chi connectivity index (χ0v) is 10.3. The van der Waals surface area contributed by atoms with Crippen LogP contribution in [0.1, 0.15) is 17.3 Å². The first-order chi connectivity index (χ1) is 8.22. The van der Waals surface area contributed by atoms with Crippen molar-refractivity contribution in [3.63, 3.8) is 0 Å². The summed E-state index contributed by atoms with van der Waals surface area (Å²) in [5.41, 5.74) is 1.61. The summed E-state index contributed by atoms with van der Waals surface area (Å²) < 4.78 is 4.81. The van der Waals surface area contributed by atoms with Gasteiger partial charge < -0.3 is 15.0 Å². The molecule has 0 aromatic heterocycles. The summed E-state index contributed by atoms with van der Waals surface area (Å²) in [4.78, 5) is 13.9. The summed E-state index contributed by atoms with van der Waals surface area (Å²) in [6.45, 7) is 4.91. The highest BCUT2D eigenvalue weighted by molar-refractivity contribution is 5.95. The van der Waals surface area contributed by atoms with Crippen LogP contribution in [0.3, 0.4) is 0 Å². The SMILES string of the molecule is COC(=O)c1ccccc1N1CCNC(C)C1. The molecule has 1 aliphatic heterocycles. The molecule has 4 heteroatoms. The van der Waals surface area contributed by atoms with E-state index in [1.54, 1.807) is 0 Å². The van der Waals surface area contributed by atoms with Gasteiger partial charge >= 0.3 is 5.97 Å².